The van der Waals surface area contributed by atoms with Crippen LogP contribution in [0.25, 0.3) is 0 Å². The molecule has 1 aromatic heterocycles. The molecular formula is C23H32N6O3S. The van der Waals surface area contributed by atoms with Gasteiger partial charge in [0.05, 0.1) is 12.6 Å². The van der Waals surface area contributed by atoms with E-state index in [1.54, 1.807) is 11.8 Å². The van der Waals surface area contributed by atoms with Gasteiger partial charge in [0.15, 0.2) is 22.5 Å². The first-order chi connectivity index (χ1) is 16.2. The van der Waals surface area contributed by atoms with E-state index < -0.39 is 0 Å². The van der Waals surface area contributed by atoms with Crippen LogP contribution in [0.5, 0.6) is 11.5 Å². The number of ether oxygens (including phenoxy) is 2. The molecule has 10 heteroatoms. The van der Waals surface area contributed by atoms with Gasteiger partial charge in [-0.05, 0) is 50.3 Å². The number of amides is 1. The van der Waals surface area contributed by atoms with Gasteiger partial charge in [-0.15, -0.1) is 10.2 Å². The Morgan fingerprint density at radius 1 is 1.12 bits per heavy atom. The smallest absolute Gasteiger partial charge is 0.236 e. The minimum absolute atomic E-state index is 0.176. The first kappa shape index (κ1) is 22.5. The predicted molar refractivity (Wildman–Crippen MR) is 125 cm³/mol. The number of benzene rings is 1. The summed E-state index contributed by atoms with van der Waals surface area (Å²) in [5, 5.41) is 9.78. The van der Waals surface area contributed by atoms with E-state index in [1.165, 1.54) is 5.56 Å². The average Bonchev–Trinajstić information content (AvgIpc) is 3.58. The number of hydrogen-bond acceptors (Lipinski definition) is 8. The van der Waals surface area contributed by atoms with Gasteiger partial charge < -0.3 is 18.9 Å². The van der Waals surface area contributed by atoms with Gasteiger partial charge in [0.25, 0.3) is 0 Å². The molecule has 0 radical (unpaired) electrons. The second kappa shape index (κ2) is 9.90. The van der Waals surface area contributed by atoms with E-state index in [2.05, 4.69) is 43.6 Å². The number of hydrogen-bond donors (Lipinski definition) is 0. The molecule has 1 amide bonds. The molecule has 1 atom stereocenters. The fourth-order valence-electron chi connectivity index (χ4n) is 5.03. The molecule has 0 spiro atoms. The molecule has 0 aliphatic carbocycles. The molecule has 2 fully saturated rings. The van der Waals surface area contributed by atoms with Gasteiger partial charge in [-0.1, -0.05) is 17.8 Å². The van der Waals surface area contributed by atoms with E-state index in [0.717, 1.165) is 81.1 Å². The molecule has 0 bridgehead atoms. The van der Waals surface area contributed by atoms with Crippen molar-refractivity contribution in [2.45, 2.75) is 44.1 Å². The molecule has 1 unspecified atom stereocenters. The monoisotopic (exact) mass is 472 g/mol. The summed E-state index contributed by atoms with van der Waals surface area (Å²) in [6.07, 6.45) is 4.15. The molecular weight excluding hydrogens is 440 g/mol. The lowest BCUT2D eigenvalue weighted by Crippen LogP contribution is -2.50. The van der Waals surface area contributed by atoms with Gasteiger partial charge in [0.2, 0.25) is 12.7 Å². The summed E-state index contributed by atoms with van der Waals surface area (Å²) in [5.74, 6) is 2.86. The largest absolute Gasteiger partial charge is 0.454 e. The van der Waals surface area contributed by atoms with Crippen molar-refractivity contribution in [2.24, 2.45) is 0 Å². The third-order valence-corrected chi connectivity index (χ3v) is 7.48. The SMILES string of the molecule is CCn1c(SC)nnc1C1CCCN1CC(=O)N1CCN(Cc2ccc3c(c2)OCO3)CC1. The van der Waals surface area contributed by atoms with Crippen molar-refractivity contribution in [3.8, 4) is 11.5 Å². The Bertz CT molecular complexity index is 991. The maximum absolute atomic E-state index is 13.1. The summed E-state index contributed by atoms with van der Waals surface area (Å²) in [7, 11) is 0. The number of aromatic nitrogens is 3. The third-order valence-electron chi connectivity index (χ3n) is 6.81. The summed E-state index contributed by atoms with van der Waals surface area (Å²) in [6.45, 7) is 8.82. The molecule has 2 aromatic rings. The van der Waals surface area contributed by atoms with Crippen LogP contribution in [0.15, 0.2) is 23.4 Å². The molecule has 33 heavy (non-hydrogen) atoms. The van der Waals surface area contributed by atoms with Crippen molar-refractivity contribution >= 4 is 17.7 Å². The number of rotatable bonds is 7. The zero-order valence-corrected chi connectivity index (χ0v) is 20.2. The Hall–Kier alpha value is -2.30. The fraction of sp³-hybridized carbons (Fsp3) is 0.609. The first-order valence-electron chi connectivity index (χ1n) is 11.8. The maximum atomic E-state index is 13.1. The second-order valence-electron chi connectivity index (χ2n) is 8.76. The topological polar surface area (TPSA) is 76.0 Å². The highest BCUT2D eigenvalue weighted by Crippen LogP contribution is 2.33. The third kappa shape index (κ3) is 4.69. The molecule has 4 heterocycles. The van der Waals surface area contributed by atoms with Crippen molar-refractivity contribution < 1.29 is 14.3 Å². The highest BCUT2D eigenvalue weighted by molar-refractivity contribution is 7.98. The van der Waals surface area contributed by atoms with Crippen molar-refractivity contribution in [3.63, 3.8) is 0 Å². The first-order valence-corrected chi connectivity index (χ1v) is 13.0. The standard InChI is InChI=1S/C23H32N6O3S/c1-3-29-22(24-25-23(29)33-2)18-5-4-8-28(18)15-21(30)27-11-9-26(10-12-27)14-17-6-7-19-20(13-17)32-16-31-19/h6-7,13,18H,3-5,8-12,14-16H2,1-2H3. The van der Waals surface area contributed by atoms with Gasteiger partial charge in [0, 0.05) is 39.3 Å². The van der Waals surface area contributed by atoms with E-state index in [9.17, 15) is 4.79 Å². The van der Waals surface area contributed by atoms with E-state index in [-0.39, 0.29) is 11.9 Å². The number of nitrogens with zero attached hydrogens (tertiary/aromatic N) is 6. The number of fused-ring (bicyclic) bond motifs is 1. The summed E-state index contributed by atoms with van der Waals surface area (Å²) in [4.78, 5) is 19.8. The average molecular weight is 473 g/mol. The van der Waals surface area contributed by atoms with Crippen LogP contribution in [-0.4, -0.2) is 87.7 Å². The minimum Gasteiger partial charge on any atom is -0.454 e. The normalized spacial score (nSPS) is 21.2. The molecule has 3 aliphatic heterocycles. The van der Waals surface area contributed by atoms with Gasteiger partial charge in [-0.2, -0.15) is 0 Å². The Labute approximate surface area is 199 Å². The zero-order chi connectivity index (χ0) is 22.8. The summed E-state index contributed by atoms with van der Waals surface area (Å²) < 4.78 is 13.1. The molecule has 2 saturated heterocycles. The fourth-order valence-corrected chi connectivity index (χ4v) is 5.59. The predicted octanol–water partition coefficient (Wildman–Crippen LogP) is 2.23. The minimum atomic E-state index is 0.176. The van der Waals surface area contributed by atoms with E-state index in [0.29, 0.717) is 13.3 Å². The van der Waals surface area contributed by atoms with Gasteiger partial charge in [0.1, 0.15) is 0 Å². The molecule has 0 N–H and O–H groups in total. The van der Waals surface area contributed by atoms with Gasteiger partial charge in [-0.25, -0.2) is 0 Å². The van der Waals surface area contributed by atoms with Crippen molar-refractivity contribution in [1.29, 1.82) is 0 Å². The Morgan fingerprint density at radius 2 is 1.94 bits per heavy atom. The summed E-state index contributed by atoms with van der Waals surface area (Å²) in [6, 6.07) is 6.31. The lowest BCUT2D eigenvalue weighted by Gasteiger charge is -2.36. The Kier molecular flexibility index (Phi) is 6.75. The van der Waals surface area contributed by atoms with Crippen LogP contribution in [0.3, 0.4) is 0 Å². The summed E-state index contributed by atoms with van der Waals surface area (Å²) in [5.41, 5.74) is 1.21. The van der Waals surface area contributed by atoms with Crippen molar-refractivity contribution in [3.05, 3.63) is 29.6 Å². The van der Waals surface area contributed by atoms with Crippen molar-refractivity contribution in [2.75, 3.05) is 52.3 Å². The second-order valence-corrected chi connectivity index (χ2v) is 9.54. The molecule has 178 valence electrons. The molecule has 9 nitrogen and oxygen atoms in total. The van der Waals surface area contributed by atoms with Crippen LogP contribution >= 0.6 is 11.8 Å². The number of likely N-dealkylation sites (tertiary alicyclic amines) is 1. The quantitative estimate of drug-likeness (QED) is 0.568. The lowest BCUT2D eigenvalue weighted by molar-refractivity contribution is -0.134. The van der Waals surface area contributed by atoms with Crippen molar-refractivity contribution in [1.82, 2.24) is 29.5 Å². The molecule has 5 rings (SSSR count). The Morgan fingerprint density at radius 3 is 2.73 bits per heavy atom. The number of piperazine rings is 1. The van der Waals surface area contributed by atoms with Gasteiger partial charge >= 0.3 is 0 Å². The van der Waals surface area contributed by atoms with Crippen LogP contribution in [0.4, 0.5) is 0 Å². The maximum Gasteiger partial charge on any atom is 0.236 e. The highest BCUT2D eigenvalue weighted by Gasteiger charge is 2.33. The number of carbonyl (C=O) groups is 1. The highest BCUT2D eigenvalue weighted by atomic mass is 32.2. The molecule has 0 saturated carbocycles. The zero-order valence-electron chi connectivity index (χ0n) is 19.4. The molecule has 3 aliphatic rings. The number of thioether (sulfide) groups is 1. The van der Waals surface area contributed by atoms with E-state index in [4.69, 9.17) is 9.47 Å². The van der Waals surface area contributed by atoms with Crippen LogP contribution in [0.2, 0.25) is 0 Å². The van der Waals surface area contributed by atoms with E-state index in [1.807, 2.05) is 17.2 Å². The van der Waals surface area contributed by atoms with Crippen LogP contribution in [0.1, 0.15) is 37.2 Å². The van der Waals surface area contributed by atoms with Crippen LogP contribution in [0, 0.1) is 0 Å². The summed E-state index contributed by atoms with van der Waals surface area (Å²) >= 11 is 1.62. The van der Waals surface area contributed by atoms with Crippen LogP contribution < -0.4 is 9.47 Å². The van der Waals surface area contributed by atoms with Gasteiger partial charge in [-0.3, -0.25) is 14.6 Å². The number of carbonyl (C=O) groups excluding carboxylic acids is 1. The molecule has 1 aromatic carbocycles. The van der Waals surface area contributed by atoms with Crippen LogP contribution in [-0.2, 0) is 17.9 Å². The Balaban J connectivity index is 1.15. The lowest BCUT2D eigenvalue weighted by atomic mass is 10.1. The van der Waals surface area contributed by atoms with E-state index >= 15 is 0 Å².